The third-order valence-electron chi connectivity index (χ3n) is 6.36. The molecule has 0 saturated carbocycles. The predicted molar refractivity (Wildman–Crippen MR) is 137 cm³/mol. The van der Waals surface area contributed by atoms with Crippen LogP contribution in [0, 0.1) is 0 Å². The Morgan fingerprint density at radius 3 is 2.17 bits per heavy atom. The summed E-state index contributed by atoms with van der Waals surface area (Å²) in [6, 6.07) is 14.3. The van der Waals surface area contributed by atoms with E-state index in [1.54, 1.807) is 7.11 Å². The van der Waals surface area contributed by atoms with E-state index < -0.39 is 18.2 Å². The number of nitrogens with one attached hydrogen (secondary N) is 1. The fraction of sp³-hybridized carbons (Fsp3) is 0.536. The first-order valence-corrected chi connectivity index (χ1v) is 12.6. The summed E-state index contributed by atoms with van der Waals surface area (Å²) >= 11 is 0. The number of carbonyl (C=O) groups excluding carboxylic acids is 1. The molecule has 0 aromatic heterocycles. The maximum atomic E-state index is 12.8. The van der Waals surface area contributed by atoms with Gasteiger partial charge in [-0.1, -0.05) is 24.3 Å². The van der Waals surface area contributed by atoms with Crippen LogP contribution in [0.5, 0.6) is 11.5 Å². The zero-order valence-corrected chi connectivity index (χ0v) is 21.2. The third kappa shape index (κ3) is 8.53. The van der Waals surface area contributed by atoms with Crippen LogP contribution in [-0.2, 0) is 4.79 Å². The highest BCUT2D eigenvalue weighted by Crippen LogP contribution is 2.24. The number of hydrogen-bond donors (Lipinski definition) is 3. The van der Waals surface area contributed by atoms with Crippen molar-refractivity contribution in [3.8, 4) is 11.5 Å². The van der Waals surface area contributed by atoms with Crippen LogP contribution in [0.3, 0.4) is 0 Å². The van der Waals surface area contributed by atoms with E-state index in [2.05, 4.69) is 10.2 Å². The Bertz CT molecular complexity index is 895. The van der Waals surface area contributed by atoms with Crippen LogP contribution in [0.1, 0.15) is 69.3 Å². The molecule has 1 amide bonds. The summed E-state index contributed by atoms with van der Waals surface area (Å²) in [5.74, 6) is 1.38. The van der Waals surface area contributed by atoms with Gasteiger partial charge >= 0.3 is 0 Å². The van der Waals surface area contributed by atoms with Crippen molar-refractivity contribution in [3.05, 3.63) is 59.7 Å². The van der Waals surface area contributed by atoms with E-state index in [9.17, 15) is 15.0 Å². The van der Waals surface area contributed by atoms with Gasteiger partial charge in [-0.2, -0.15) is 0 Å². The number of hydrogen-bond acceptors (Lipinski definition) is 6. The molecule has 1 aliphatic heterocycles. The molecule has 0 aliphatic carbocycles. The van der Waals surface area contributed by atoms with Gasteiger partial charge in [0.05, 0.1) is 25.4 Å². The molecule has 1 saturated heterocycles. The Morgan fingerprint density at radius 2 is 1.57 bits per heavy atom. The number of likely N-dealkylation sites (tertiary alicyclic amines) is 1. The van der Waals surface area contributed by atoms with Gasteiger partial charge in [0.1, 0.15) is 17.6 Å². The average molecular weight is 485 g/mol. The Hall–Kier alpha value is -2.61. The second kappa shape index (κ2) is 13.5. The smallest absolute Gasteiger partial charge is 0.220 e. The van der Waals surface area contributed by atoms with Crippen molar-refractivity contribution in [2.45, 2.75) is 70.3 Å². The van der Waals surface area contributed by atoms with E-state index >= 15 is 0 Å². The van der Waals surface area contributed by atoms with Gasteiger partial charge in [0.15, 0.2) is 0 Å². The third-order valence-corrected chi connectivity index (χ3v) is 6.36. The number of amides is 1. The molecule has 192 valence electrons. The average Bonchev–Trinajstić information content (AvgIpc) is 3.36. The maximum absolute atomic E-state index is 12.8. The molecule has 0 spiro atoms. The first kappa shape index (κ1) is 27.0. The highest BCUT2D eigenvalue weighted by atomic mass is 16.5. The van der Waals surface area contributed by atoms with Crippen LogP contribution in [0.15, 0.2) is 48.5 Å². The minimum absolute atomic E-state index is 0.0989. The fourth-order valence-electron chi connectivity index (χ4n) is 4.44. The van der Waals surface area contributed by atoms with E-state index in [0.29, 0.717) is 19.4 Å². The quantitative estimate of drug-likeness (QED) is 0.398. The molecule has 0 bridgehead atoms. The standard InChI is InChI=1S/C28H40N2O5/c1-20(2)35-24-15-9-21(10-16-24)26(31)7-6-8-27(32)29-25(19-30-17-4-5-18-30)28(33)22-11-13-23(34-3)14-12-22/h9-16,20,25-26,28,31,33H,4-8,17-19H2,1-3H3,(H,29,32)/t25-,26?,28-/m1/s1. The van der Waals surface area contributed by atoms with Gasteiger partial charge in [-0.05, 0) is 88.0 Å². The Morgan fingerprint density at radius 1 is 0.971 bits per heavy atom. The van der Waals surface area contributed by atoms with Gasteiger partial charge in [0.2, 0.25) is 5.91 Å². The monoisotopic (exact) mass is 484 g/mol. The van der Waals surface area contributed by atoms with Gasteiger partial charge in [-0.3, -0.25) is 4.79 Å². The van der Waals surface area contributed by atoms with E-state index in [4.69, 9.17) is 9.47 Å². The van der Waals surface area contributed by atoms with Crippen molar-refractivity contribution in [2.24, 2.45) is 0 Å². The lowest BCUT2D eigenvalue weighted by atomic mass is 10.0. The van der Waals surface area contributed by atoms with E-state index in [-0.39, 0.29) is 18.4 Å². The number of ether oxygens (including phenoxy) is 2. The molecule has 3 rings (SSSR count). The van der Waals surface area contributed by atoms with Gasteiger partial charge in [-0.15, -0.1) is 0 Å². The Balaban J connectivity index is 1.52. The lowest BCUT2D eigenvalue weighted by Gasteiger charge is -2.29. The molecule has 3 N–H and O–H groups in total. The summed E-state index contributed by atoms with van der Waals surface area (Å²) in [7, 11) is 1.61. The number of rotatable bonds is 13. The fourth-order valence-corrected chi connectivity index (χ4v) is 4.44. The van der Waals surface area contributed by atoms with Crippen molar-refractivity contribution in [1.82, 2.24) is 10.2 Å². The molecule has 1 unspecified atom stereocenters. The lowest BCUT2D eigenvalue weighted by Crippen LogP contribution is -2.46. The normalized spacial score (nSPS) is 16.6. The van der Waals surface area contributed by atoms with Crippen LogP contribution in [-0.4, -0.2) is 59.9 Å². The zero-order chi connectivity index (χ0) is 25.2. The molecule has 7 heteroatoms. The lowest BCUT2D eigenvalue weighted by molar-refractivity contribution is -0.123. The summed E-state index contributed by atoms with van der Waals surface area (Å²) in [5.41, 5.74) is 1.55. The van der Waals surface area contributed by atoms with Gasteiger partial charge in [0.25, 0.3) is 0 Å². The zero-order valence-electron chi connectivity index (χ0n) is 21.2. The van der Waals surface area contributed by atoms with Gasteiger partial charge < -0.3 is 29.9 Å². The largest absolute Gasteiger partial charge is 0.497 e. The second-order valence-electron chi connectivity index (χ2n) is 9.54. The second-order valence-corrected chi connectivity index (χ2v) is 9.54. The number of benzene rings is 2. The van der Waals surface area contributed by atoms with Crippen LogP contribution in [0.2, 0.25) is 0 Å². The molecule has 2 aromatic carbocycles. The maximum Gasteiger partial charge on any atom is 0.220 e. The first-order valence-electron chi connectivity index (χ1n) is 12.6. The molecule has 2 aromatic rings. The summed E-state index contributed by atoms with van der Waals surface area (Å²) in [6.07, 6.45) is 2.24. The van der Waals surface area contributed by atoms with Crippen molar-refractivity contribution in [2.75, 3.05) is 26.7 Å². The molecule has 1 heterocycles. The van der Waals surface area contributed by atoms with Crippen molar-refractivity contribution < 1.29 is 24.5 Å². The summed E-state index contributed by atoms with van der Waals surface area (Å²) in [6.45, 7) is 6.51. The van der Waals surface area contributed by atoms with E-state index in [1.807, 2.05) is 62.4 Å². The number of aliphatic hydroxyl groups excluding tert-OH is 2. The number of methoxy groups -OCH3 is 1. The van der Waals surface area contributed by atoms with Gasteiger partial charge in [-0.25, -0.2) is 0 Å². The molecular formula is C28H40N2O5. The Kier molecular flexibility index (Phi) is 10.4. The topological polar surface area (TPSA) is 91.3 Å². The first-order chi connectivity index (χ1) is 16.9. The van der Waals surface area contributed by atoms with E-state index in [1.165, 1.54) is 0 Å². The predicted octanol–water partition coefficient (Wildman–Crippen LogP) is 4.00. The van der Waals surface area contributed by atoms with Crippen molar-refractivity contribution >= 4 is 5.91 Å². The van der Waals surface area contributed by atoms with E-state index in [0.717, 1.165) is 48.6 Å². The van der Waals surface area contributed by atoms with Gasteiger partial charge in [0, 0.05) is 13.0 Å². The molecule has 1 fully saturated rings. The highest BCUT2D eigenvalue weighted by Gasteiger charge is 2.26. The molecule has 0 radical (unpaired) electrons. The van der Waals surface area contributed by atoms with Crippen molar-refractivity contribution in [1.29, 1.82) is 0 Å². The summed E-state index contributed by atoms with van der Waals surface area (Å²) < 4.78 is 10.9. The molecule has 35 heavy (non-hydrogen) atoms. The van der Waals surface area contributed by atoms with Crippen molar-refractivity contribution in [3.63, 3.8) is 0 Å². The Labute approximate surface area is 209 Å². The summed E-state index contributed by atoms with van der Waals surface area (Å²) in [5, 5.41) is 24.6. The number of aliphatic hydroxyl groups is 2. The van der Waals surface area contributed by atoms with Crippen LogP contribution >= 0.6 is 0 Å². The number of nitrogens with zero attached hydrogens (tertiary/aromatic N) is 1. The van der Waals surface area contributed by atoms with Crippen LogP contribution < -0.4 is 14.8 Å². The molecule has 1 aliphatic rings. The highest BCUT2D eigenvalue weighted by molar-refractivity contribution is 5.76. The number of carbonyl (C=O) groups is 1. The molecule has 7 nitrogen and oxygen atoms in total. The minimum Gasteiger partial charge on any atom is -0.497 e. The van der Waals surface area contributed by atoms with Crippen LogP contribution in [0.25, 0.3) is 0 Å². The molecular weight excluding hydrogens is 444 g/mol. The van der Waals surface area contributed by atoms with Crippen LogP contribution in [0.4, 0.5) is 0 Å². The SMILES string of the molecule is COc1ccc([C@@H](O)[C@@H](CN2CCCC2)NC(=O)CCCC(O)c2ccc(OC(C)C)cc2)cc1. The molecule has 3 atom stereocenters. The minimum atomic E-state index is -0.817. The summed E-state index contributed by atoms with van der Waals surface area (Å²) in [4.78, 5) is 15.1.